The normalized spacial score (nSPS) is 11.3. The largest absolute Gasteiger partial charge is 0.497 e. The molecule has 0 saturated heterocycles. The third-order valence-electron chi connectivity index (χ3n) is 3.40. The fraction of sp³-hybridized carbons (Fsp3) is 0.316. The summed E-state index contributed by atoms with van der Waals surface area (Å²) >= 11 is 0. The summed E-state index contributed by atoms with van der Waals surface area (Å²) in [5, 5.41) is 2.83. The number of rotatable bonds is 9. The molecule has 0 spiro atoms. The summed E-state index contributed by atoms with van der Waals surface area (Å²) in [5.74, 6) is 2.63. The van der Waals surface area contributed by atoms with Crippen molar-refractivity contribution in [1.82, 2.24) is 5.32 Å². The van der Waals surface area contributed by atoms with Gasteiger partial charge in [-0.3, -0.25) is 4.79 Å². The van der Waals surface area contributed by atoms with E-state index in [1.807, 2.05) is 31.2 Å². The molecule has 0 heterocycles. The van der Waals surface area contributed by atoms with Crippen LogP contribution in [0.25, 0.3) is 0 Å². The Morgan fingerprint density at radius 2 is 1.28 bits per heavy atom. The van der Waals surface area contributed by atoms with Crippen LogP contribution >= 0.6 is 0 Å². The van der Waals surface area contributed by atoms with Crippen molar-refractivity contribution in [2.45, 2.75) is 13.0 Å². The first-order chi connectivity index (χ1) is 12.1. The van der Waals surface area contributed by atoms with E-state index < -0.39 is 0 Å². The molecule has 1 N–H and O–H groups in total. The summed E-state index contributed by atoms with van der Waals surface area (Å²) in [6.07, 6.45) is 0. The first-order valence-corrected chi connectivity index (χ1v) is 7.94. The Balaban J connectivity index is 1.69. The highest BCUT2D eigenvalue weighted by atomic mass is 16.5. The molecule has 0 fully saturated rings. The van der Waals surface area contributed by atoms with Gasteiger partial charge in [-0.15, -0.1) is 0 Å². The summed E-state index contributed by atoms with van der Waals surface area (Å²) in [6.45, 7) is 2.18. The molecule has 0 bridgehead atoms. The molecular formula is C19H23NO5. The summed E-state index contributed by atoms with van der Waals surface area (Å²) in [6, 6.07) is 14.2. The third-order valence-corrected chi connectivity index (χ3v) is 3.40. The van der Waals surface area contributed by atoms with Crippen molar-refractivity contribution in [1.29, 1.82) is 0 Å². The van der Waals surface area contributed by atoms with E-state index in [4.69, 9.17) is 18.9 Å². The molecule has 0 aliphatic carbocycles. The van der Waals surface area contributed by atoms with Gasteiger partial charge in [-0.2, -0.15) is 0 Å². The van der Waals surface area contributed by atoms with Gasteiger partial charge in [0, 0.05) is 0 Å². The van der Waals surface area contributed by atoms with Crippen LogP contribution in [0.2, 0.25) is 0 Å². The van der Waals surface area contributed by atoms with E-state index in [0.717, 1.165) is 17.2 Å². The van der Waals surface area contributed by atoms with Gasteiger partial charge in [0.1, 0.15) is 29.6 Å². The molecule has 0 radical (unpaired) electrons. The molecule has 1 atom stereocenters. The van der Waals surface area contributed by atoms with Crippen molar-refractivity contribution in [2.75, 3.05) is 27.4 Å². The first-order valence-electron chi connectivity index (χ1n) is 7.94. The molecule has 6 nitrogen and oxygen atoms in total. The Hall–Kier alpha value is -2.89. The molecule has 6 heteroatoms. The van der Waals surface area contributed by atoms with E-state index in [2.05, 4.69) is 5.32 Å². The van der Waals surface area contributed by atoms with E-state index in [1.165, 1.54) is 0 Å². The van der Waals surface area contributed by atoms with Crippen LogP contribution in [0, 0.1) is 0 Å². The lowest BCUT2D eigenvalue weighted by molar-refractivity contribution is -0.123. The quantitative estimate of drug-likeness (QED) is 0.757. The SMILES string of the molecule is COc1ccc(OCC(=O)N[C@H](C)COc2ccc(OC)cc2)cc1. The molecular weight excluding hydrogens is 322 g/mol. The van der Waals surface area contributed by atoms with E-state index in [-0.39, 0.29) is 18.6 Å². The second-order valence-electron chi connectivity index (χ2n) is 5.42. The lowest BCUT2D eigenvalue weighted by Crippen LogP contribution is -2.39. The predicted octanol–water partition coefficient (Wildman–Crippen LogP) is 2.67. The number of carbonyl (C=O) groups excluding carboxylic acids is 1. The fourth-order valence-corrected chi connectivity index (χ4v) is 2.07. The van der Waals surface area contributed by atoms with Crippen molar-refractivity contribution in [2.24, 2.45) is 0 Å². The fourth-order valence-electron chi connectivity index (χ4n) is 2.07. The molecule has 0 aromatic heterocycles. The van der Waals surface area contributed by atoms with Crippen molar-refractivity contribution in [3.05, 3.63) is 48.5 Å². The topological polar surface area (TPSA) is 66.0 Å². The monoisotopic (exact) mass is 345 g/mol. The molecule has 0 saturated carbocycles. The molecule has 0 unspecified atom stereocenters. The van der Waals surface area contributed by atoms with Crippen molar-refractivity contribution in [3.63, 3.8) is 0 Å². The highest BCUT2D eigenvalue weighted by Gasteiger charge is 2.09. The molecule has 0 aliphatic heterocycles. The number of nitrogens with one attached hydrogen (secondary N) is 1. The minimum absolute atomic E-state index is 0.0563. The average molecular weight is 345 g/mol. The van der Waals surface area contributed by atoms with Crippen LogP contribution in [0.1, 0.15) is 6.92 Å². The Morgan fingerprint density at radius 1 is 0.840 bits per heavy atom. The minimum Gasteiger partial charge on any atom is -0.497 e. The highest BCUT2D eigenvalue weighted by molar-refractivity contribution is 5.77. The summed E-state index contributed by atoms with van der Waals surface area (Å²) in [7, 11) is 3.21. The number of amides is 1. The van der Waals surface area contributed by atoms with Crippen LogP contribution in [0.3, 0.4) is 0 Å². The minimum atomic E-state index is -0.207. The second-order valence-corrected chi connectivity index (χ2v) is 5.42. The molecule has 1 amide bonds. The van der Waals surface area contributed by atoms with Gasteiger partial charge in [0.2, 0.25) is 0 Å². The van der Waals surface area contributed by atoms with Gasteiger partial charge in [0.25, 0.3) is 5.91 Å². The number of methoxy groups -OCH3 is 2. The standard InChI is InChI=1S/C19H23NO5/c1-14(12-24-17-8-4-15(22-2)5-9-17)20-19(21)13-25-18-10-6-16(23-3)7-11-18/h4-11,14H,12-13H2,1-3H3,(H,20,21)/t14-/m1/s1. The highest BCUT2D eigenvalue weighted by Crippen LogP contribution is 2.17. The number of benzene rings is 2. The Labute approximate surface area is 147 Å². The Kier molecular flexibility index (Phi) is 6.95. The van der Waals surface area contributed by atoms with Crippen molar-refractivity contribution in [3.8, 4) is 23.0 Å². The number of ether oxygens (including phenoxy) is 4. The van der Waals surface area contributed by atoms with Gasteiger partial charge >= 0.3 is 0 Å². The first kappa shape index (κ1) is 18.4. The molecule has 25 heavy (non-hydrogen) atoms. The zero-order chi connectivity index (χ0) is 18.1. The maximum atomic E-state index is 11.9. The lowest BCUT2D eigenvalue weighted by Gasteiger charge is -2.15. The van der Waals surface area contributed by atoms with Crippen molar-refractivity contribution >= 4 is 5.91 Å². The van der Waals surface area contributed by atoms with E-state index in [1.54, 1.807) is 38.5 Å². The van der Waals surface area contributed by atoms with Gasteiger partial charge in [0.05, 0.1) is 20.3 Å². The lowest BCUT2D eigenvalue weighted by atomic mass is 10.3. The predicted molar refractivity (Wildman–Crippen MR) is 94.6 cm³/mol. The maximum absolute atomic E-state index is 11.9. The van der Waals surface area contributed by atoms with Crippen LogP contribution in [0.15, 0.2) is 48.5 Å². The summed E-state index contributed by atoms with van der Waals surface area (Å²) < 4.78 is 21.2. The van der Waals surface area contributed by atoms with Crippen molar-refractivity contribution < 1.29 is 23.7 Å². The average Bonchev–Trinajstić information content (AvgIpc) is 2.65. The number of hydrogen-bond donors (Lipinski definition) is 1. The van der Waals surface area contributed by atoms with E-state index >= 15 is 0 Å². The van der Waals surface area contributed by atoms with Crippen LogP contribution < -0.4 is 24.3 Å². The Bertz CT molecular complexity index is 655. The van der Waals surface area contributed by atoms with Gasteiger partial charge in [-0.05, 0) is 55.5 Å². The zero-order valence-electron chi connectivity index (χ0n) is 14.7. The number of carbonyl (C=O) groups is 1. The van der Waals surface area contributed by atoms with Crippen LogP contribution in [-0.4, -0.2) is 39.4 Å². The molecule has 0 aliphatic rings. The molecule has 2 aromatic carbocycles. The Morgan fingerprint density at radius 3 is 1.76 bits per heavy atom. The van der Waals surface area contributed by atoms with E-state index in [0.29, 0.717) is 12.4 Å². The van der Waals surface area contributed by atoms with E-state index in [9.17, 15) is 4.79 Å². The van der Waals surface area contributed by atoms with Crippen LogP contribution in [0.4, 0.5) is 0 Å². The van der Waals surface area contributed by atoms with Crippen LogP contribution in [-0.2, 0) is 4.79 Å². The summed E-state index contributed by atoms with van der Waals surface area (Å²) in [4.78, 5) is 11.9. The van der Waals surface area contributed by atoms with Gasteiger partial charge in [0.15, 0.2) is 6.61 Å². The second kappa shape index (κ2) is 9.42. The van der Waals surface area contributed by atoms with Gasteiger partial charge < -0.3 is 24.3 Å². The zero-order valence-corrected chi connectivity index (χ0v) is 14.7. The molecule has 2 aromatic rings. The number of hydrogen-bond acceptors (Lipinski definition) is 5. The molecule has 2 rings (SSSR count). The smallest absolute Gasteiger partial charge is 0.258 e. The van der Waals surface area contributed by atoms with Gasteiger partial charge in [-0.25, -0.2) is 0 Å². The third kappa shape index (κ3) is 6.25. The van der Waals surface area contributed by atoms with Crippen LogP contribution in [0.5, 0.6) is 23.0 Å². The maximum Gasteiger partial charge on any atom is 0.258 e. The van der Waals surface area contributed by atoms with Gasteiger partial charge in [-0.1, -0.05) is 0 Å². The summed E-state index contributed by atoms with van der Waals surface area (Å²) in [5.41, 5.74) is 0. The molecule has 134 valence electrons.